The Labute approximate surface area is 323 Å². The number of hydrogen-bond donors (Lipinski definition) is 0. The van der Waals surface area contributed by atoms with E-state index in [1.807, 2.05) is 6.92 Å². The molecule has 56 heavy (non-hydrogen) atoms. The molecule has 2 aliphatic heterocycles. The summed E-state index contributed by atoms with van der Waals surface area (Å²) >= 11 is 0. The Morgan fingerprint density at radius 2 is 1.12 bits per heavy atom. The number of nitro groups is 2. The van der Waals surface area contributed by atoms with Gasteiger partial charge in [0.05, 0.1) is 72.5 Å². The summed E-state index contributed by atoms with van der Waals surface area (Å²) in [6.07, 6.45) is -1.05. The zero-order valence-corrected chi connectivity index (χ0v) is 32.7. The number of carbonyl (C=O) groups is 4. The lowest BCUT2D eigenvalue weighted by Crippen LogP contribution is -2.39. The number of rotatable bonds is 13. The second-order valence-corrected chi connectivity index (χ2v) is 13.4. The maximum atomic E-state index is 12.9. The molecule has 0 amide bonds. The molecule has 0 aromatic heterocycles. The van der Waals surface area contributed by atoms with Crippen molar-refractivity contribution in [3.8, 4) is 11.5 Å². The topological polar surface area (TPSA) is 228 Å². The highest BCUT2D eigenvalue weighted by Crippen LogP contribution is 2.40. The average molecular weight is 789 g/mol. The van der Waals surface area contributed by atoms with E-state index >= 15 is 0 Å². The van der Waals surface area contributed by atoms with Crippen LogP contribution in [0.5, 0.6) is 11.5 Å². The van der Waals surface area contributed by atoms with Crippen molar-refractivity contribution in [1.82, 2.24) is 0 Å². The third-order valence-electron chi connectivity index (χ3n) is 8.29. The minimum absolute atomic E-state index is 0.144. The predicted octanol–water partition coefficient (Wildman–Crippen LogP) is 6.41. The Balaban J connectivity index is 0.000000345. The van der Waals surface area contributed by atoms with E-state index in [1.165, 1.54) is 57.5 Å². The molecular weight excluding hydrogens is 740 g/mol. The third-order valence-corrected chi connectivity index (χ3v) is 8.29. The van der Waals surface area contributed by atoms with Gasteiger partial charge in [-0.1, -0.05) is 20.1 Å². The Bertz CT molecular complexity index is 1790. The van der Waals surface area contributed by atoms with Gasteiger partial charge in [0.25, 0.3) is 11.4 Å². The van der Waals surface area contributed by atoms with Crippen LogP contribution in [0.4, 0.5) is 11.4 Å². The summed E-state index contributed by atoms with van der Waals surface area (Å²) in [6.45, 7) is 18.3. The number of esters is 4. The molecule has 0 radical (unpaired) electrons. The summed E-state index contributed by atoms with van der Waals surface area (Å²) in [4.78, 5) is 67.8. The summed E-state index contributed by atoms with van der Waals surface area (Å²) < 4.78 is 40.9. The van der Waals surface area contributed by atoms with E-state index in [9.17, 15) is 39.4 Å². The number of nitro benzene ring substituents is 2. The second-order valence-electron chi connectivity index (χ2n) is 13.4. The van der Waals surface area contributed by atoms with Crippen molar-refractivity contribution in [3.05, 3.63) is 92.1 Å². The highest BCUT2D eigenvalue weighted by atomic mass is 16.7. The van der Waals surface area contributed by atoms with Crippen LogP contribution in [0.3, 0.4) is 0 Å². The van der Waals surface area contributed by atoms with Crippen molar-refractivity contribution in [1.29, 1.82) is 0 Å². The first kappa shape index (κ1) is 46.6. The van der Waals surface area contributed by atoms with E-state index < -0.39 is 51.2 Å². The summed E-state index contributed by atoms with van der Waals surface area (Å²) in [5.74, 6) is -1.58. The van der Waals surface area contributed by atoms with E-state index in [0.29, 0.717) is 38.4 Å². The monoisotopic (exact) mass is 788 g/mol. The van der Waals surface area contributed by atoms with Gasteiger partial charge in [-0.3, -0.25) is 29.8 Å². The lowest BCUT2D eigenvalue weighted by molar-refractivity contribution is -0.386. The lowest BCUT2D eigenvalue weighted by Gasteiger charge is -2.33. The molecule has 0 aliphatic carbocycles. The highest BCUT2D eigenvalue weighted by molar-refractivity contribution is 5.89. The van der Waals surface area contributed by atoms with Gasteiger partial charge in [0.1, 0.15) is 11.5 Å². The van der Waals surface area contributed by atoms with Crippen molar-refractivity contribution in [3.63, 3.8) is 0 Å². The SMILES string of the molecule is C=C(C)C(=O)OC.C=C(C)C(=O)Oc1ccc([N+](=O)[O-])c(C2OCCO2)c1.CCC(C)(CC(C)(C)C(=O)OC)C(=O)Oc1ccc([N+](=O)[O-])c(C2OCCO2)c1. The minimum Gasteiger partial charge on any atom is -0.469 e. The summed E-state index contributed by atoms with van der Waals surface area (Å²) in [5, 5.41) is 22.3. The molecule has 0 bridgehead atoms. The molecule has 1 unspecified atom stereocenters. The number of ether oxygens (including phenoxy) is 8. The molecule has 4 rings (SSSR count). The predicted molar refractivity (Wildman–Crippen MR) is 197 cm³/mol. The number of nitrogens with zero attached hydrogens (tertiary/aromatic N) is 2. The zero-order valence-electron chi connectivity index (χ0n) is 32.7. The Kier molecular flexibility index (Phi) is 17.4. The van der Waals surface area contributed by atoms with Gasteiger partial charge in [-0.2, -0.15) is 0 Å². The standard InChI is InChI=1S/C20H27NO8.C13H13NO6.C5H8O2/c1-6-20(4,12-19(2,3)17(22)26-5)18(23)29-13-7-8-15(21(24)25)14(11-13)16-27-9-10-28-16;1-8(2)12(15)20-9-3-4-11(14(16)17)10(7-9)13-18-5-6-19-13;1-4(2)5(6)7-3/h7-8,11,16H,6,9-10,12H2,1-5H3;3-4,7,13H,1,5-6H2,2H3;1H2,2-3H3. The molecular formula is C38H48N2O16. The molecule has 0 spiro atoms. The summed E-state index contributed by atoms with van der Waals surface area (Å²) in [6, 6.07) is 7.96. The Hall–Kier alpha value is -5.56. The van der Waals surface area contributed by atoms with E-state index in [0.717, 1.165) is 0 Å². The van der Waals surface area contributed by atoms with Crippen LogP contribution in [-0.2, 0) is 47.6 Å². The molecule has 2 aromatic carbocycles. The first-order valence-corrected chi connectivity index (χ1v) is 17.2. The van der Waals surface area contributed by atoms with Gasteiger partial charge in [0.2, 0.25) is 0 Å². The number of methoxy groups -OCH3 is 2. The molecule has 2 aromatic rings. The minimum atomic E-state index is -0.958. The smallest absolute Gasteiger partial charge is 0.338 e. The first-order valence-electron chi connectivity index (χ1n) is 17.2. The van der Waals surface area contributed by atoms with E-state index in [4.69, 9.17) is 33.2 Å². The third kappa shape index (κ3) is 13.0. The molecule has 2 saturated heterocycles. The lowest BCUT2D eigenvalue weighted by atomic mass is 9.72. The van der Waals surface area contributed by atoms with Gasteiger partial charge >= 0.3 is 23.9 Å². The quantitative estimate of drug-likeness (QED) is 0.0702. The molecule has 0 saturated carbocycles. The molecule has 2 heterocycles. The molecule has 0 N–H and O–H groups in total. The van der Waals surface area contributed by atoms with Gasteiger partial charge in [0.15, 0.2) is 12.6 Å². The Morgan fingerprint density at radius 3 is 1.45 bits per heavy atom. The van der Waals surface area contributed by atoms with Crippen LogP contribution in [0, 0.1) is 31.1 Å². The van der Waals surface area contributed by atoms with Gasteiger partial charge < -0.3 is 37.9 Å². The van der Waals surface area contributed by atoms with Crippen LogP contribution in [0.2, 0.25) is 0 Å². The van der Waals surface area contributed by atoms with Crippen LogP contribution in [0.1, 0.15) is 78.1 Å². The number of carbonyl (C=O) groups excluding carboxylic acids is 4. The molecule has 18 heteroatoms. The maximum absolute atomic E-state index is 12.9. The van der Waals surface area contributed by atoms with Crippen molar-refractivity contribution < 1.29 is 66.9 Å². The average Bonchev–Trinajstić information content (AvgIpc) is 3.90. The van der Waals surface area contributed by atoms with Crippen molar-refractivity contribution in [2.24, 2.45) is 10.8 Å². The fourth-order valence-electron chi connectivity index (χ4n) is 5.24. The number of benzene rings is 2. The van der Waals surface area contributed by atoms with Crippen LogP contribution < -0.4 is 9.47 Å². The van der Waals surface area contributed by atoms with E-state index in [-0.39, 0.29) is 52.0 Å². The first-order chi connectivity index (χ1) is 26.2. The van der Waals surface area contributed by atoms with Gasteiger partial charge in [0, 0.05) is 23.3 Å². The number of hydrogen-bond acceptors (Lipinski definition) is 16. The molecule has 18 nitrogen and oxygen atoms in total. The molecule has 306 valence electrons. The second kappa shape index (κ2) is 20.9. The van der Waals surface area contributed by atoms with Crippen LogP contribution in [-0.4, -0.2) is 74.4 Å². The maximum Gasteiger partial charge on any atom is 0.338 e. The van der Waals surface area contributed by atoms with E-state index in [2.05, 4.69) is 17.9 Å². The van der Waals surface area contributed by atoms with Crippen molar-refractivity contribution in [2.75, 3.05) is 40.6 Å². The van der Waals surface area contributed by atoms with Crippen LogP contribution >= 0.6 is 0 Å². The largest absolute Gasteiger partial charge is 0.469 e. The molecule has 1 atom stereocenters. The van der Waals surface area contributed by atoms with Gasteiger partial charge in [-0.15, -0.1) is 0 Å². The van der Waals surface area contributed by atoms with E-state index in [1.54, 1.807) is 27.7 Å². The summed E-state index contributed by atoms with van der Waals surface area (Å²) in [7, 11) is 2.63. The normalized spacial score (nSPS) is 15.1. The zero-order chi connectivity index (χ0) is 42.4. The van der Waals surface area contributed by atoms with Crippen molar-refractivity contribution >= 4 is 35.3 Å². The van der Waals surface area contributed by atoms with Gasteiger partial charge in [-0.25, -0.2) is 9.59 Å². The van der Waals surface area contributed by atoms with Gasteiger partial charge in [-0.05, 0) is 71.7 Å². The Morgan fingerprint density at radius 1 is 0.714 bits per heavy atom. The fourth-order valence-corrected chi connectivity index (χ4v) is 5.24. The molecule has 2 aliphatic rings. The van der Waals surface area contributed by atoms with Crippen LogP contribution in [0.25, 0.3) is 0 Å². The van der Waals surface area contributed by atoms with Crippen LogP contribution in [0.15, 0.2) is 60.7 Å². The van der Waals surface area contributed by atoms with Crippen molar-refractivity contribution in [2.45, 2.75) is 67.0 Å². The molecule has 2 fully saturated rings. The highest BCUT2D eigenvalue weighted by Gasteiger charge is 2.43. The fraction of sp³-hybridized carbons (Fsp3) is 0.474. The summed E-state index contributed by atoms with van der Waals surface area (Å²) in [5.41, 5.74) is -1.09.